The van der Waals surface area contributed by atoms with Crippen LogP contribution in [0.15, 0.2) is 34.9 Å². The number of rotatable bonds is 0. The van der Waals surface area contributed by atoms with E-state index in [1.807, 2.05) is 12.3 Å². The number of aryl methyl sites for hydroxylation is 3. The summed E-state index contributed by atoms with van der Waals surface area (Å²) in [6, 6.07) is 8.48. The second-order valence-corrected chi connectivity index (χ2v) is 6.02. The first-order valence-electron chi connectivity index (χ1n) is 6.03. The van der Waals surface area contributed by atoms with Gasteiger partial charge in [-0.1, -0.05) is 28.1 Å². The Hall–Kier alpha value is -0.860. The van der Waals surface area contributed by atoms with Gasteiger partial charge in [0, 0.05) is 10.7 Å². The molecule has 1 atom stereocenters. The normalized spacial score (nSPS) is 17.8. The third-order valence-corrected chi connectivity index (χ3v) is 4.52. The number of hydrogen-bond donors (Lipinski definition) is 0. The topological polar surface area (TPSA) is 12.9 Å². The van der Waals surface area contributed by atoms with Gasteiger partial charge in [0.25, 0.3) is 0 Å². The van der Waals surface area contributed by atoms with Crippen LogP contribution in [0, 0.1) is 6.92 Å². The van der Waals surface area contributed by atoms with Crippen molar-refractivity contribution in [1.29, 1.82) is 0 Å². The summed E-state index contributed by atoms with van der Waals surface area (Å²) >= 11 is 10.3. The molecule has 0 spiro atoms. The van der Waals surface area contributed by atoms with Gasteiger partial charge in [0.05, 0.1) is 5.69 Å². The maximum atomic E-state index is 6.65. The molecule has 1 heterocycles. The van der Waals surface area contributed by atoms with E-state index in [2.05, 4.69) is 46.0 Å². The van der Waals surface area contributed by atoms with Crippen LogP contribution in [-0.4, -0.2) is 4.98 Å². The molecule has 0 radical (unpaired) electrons. The summed E-state index contributed by atoms with van der Waals surface area (Å²) in [6.45, 7) is 2.12. The minimum absolute atomic E-state index is 0.159. The monoisotopic (exact) mass is 321 g/mol. The third-order valence-electron chi connectivity index (χ3n) is 3.44. The average molecular weight is 323 g/mol. The average Bonchev–Trinajstić information content (AvgIpc) is 2.48. The zero-order valence-corrected chi connectivity index (χ0v) is 12.4. The molecule has 3 rings (SSSR count). The van der Waals surface area contributed by atoms with Crippen molar-refractivity contribution in [3.63, 3.8) is 0 Å². The summed E-state index contributed by atoms with van der Waals surface area (Å²) < 4.78 is 1.09. The number of benzene rings is 1. The van der Waals surface area contributed by atoms with Crippen molar-refractivity contribution in [3.8, 4) is 0 Å². The number of alkyl halides is 1. The molecule has 3 heteroatoms. The van der Waals surface area contributed by atoms with Crippen LogP contribution in [0.1, 0.15) is 33.3 Å². The molecule has 0 saturated carbocycles. The van der Waals surface area contributed by atoms with Crippen molar-refractivity contribution in [3.05, 3.63) is 62.9 Å². The predicted octanol–water partition coefficient (Wildman–Crippen LogP) is 4.58. The van der Waals surface area contributed by atoms with E-state index in [1.165, 1.54) is 22.3 Å². The Bertz CT molecular complexity index is 609. The molecule has 1 aromatic heterocycles. The van der Waals surface area contributed by atoms with Gasteiger partial charge < -0.3 is 0 Å². The SMILES string of the molecule is Cc1cc(Br)c2c(c1)CCc1cccnc1C2Cl. The summed E-state index contributed by atoms with van der Waals surface area (Å²) in [7, 11) is 0. The summed E-state index contributed by atoms with van der Waals surface area (Å²) in [4.78, 5) is 4.47. The molecular formula is C15H13BrClN. The molecule has 1 aromatic carbocycles. The number of aromatic nitrogens is 1. The van der Waals surface area contributed by atoms with Crippen LogP contribution in [0.25, 0.3) is 0 Å². The largest absolute Gasteiger partial charge is 0.259 e. The van der Waals surface area contributed by atoms with Gasteiger partial charge in [-0.3, -0.25) is 4.98 Å². The number of fused-ring (bicyclic) bond motifs is 2. The number of hydrogen-bond acceptors (Lipinski definition) is 1. The second kappa shape index (κ2) is 4.67. The van der Waals surface area contributed by atoms with Crippen LogP contribution < -0.4 is 0 Å². The van der Waals surface area contributed by atoms with Crippen molar-refractivity contribution in [2.75, 3.05) is 0 Å². The van der Waals surface area contributed by atoms with Gasteiger partial charge in [0.2, 0.25) is 0 Å². The van der Waals surface area contributed by atoms with Gasteiger partial charge in [-0.2, -0.15) is 0 Å². The van der Waals surface area contributed by atoms with Gasteiger partial charge in [-0.15, -0.1) is 11.6 Å². The molecule has 0 amide bonds. The van der Waals surface area contributed by atoms with E-state index in [-0.39, 0.29) is 5.38 Å². The van der Waals surface area contributed by atoms with E-state index < -0.39 is 0 Å². The van der Waals surface area contributed by atoms with Gasteiger partial charge in [-0.25, -0.2) is 0 Å². The third kappa shape index (κ3) is 1.98. The molecule has 1 nitrogen and oxygen atoms in total. The fraction of sp³-hybridized carbons (Fsp3) is 0.267. The number of halogens is 2. The van der Waals surface area contributed by atoms with Crippen LogP contribution >= 0.6 is 27.5 Å². The van der Waals surface area contributed by atoms with E-state index >= 15 is 0 Å². The van der Waals surface area contributed by atoms with Crippen LogP contribution in [0.4, 0.5) is 0 Å². The maximum Gasteiger partial charge on any atom is 0.102 e. The van der Waals surface area contributed by atoms with E-state index in [0.717, 1.165) is 23.0 Å². The Morgan fingerprint density at radius 3 is 2.89 bits per heavy atom. The molecule has 1 unspecified atom stereocenters. The summed E-state index contributed by atoms with van der Waals surface area (Å²) in [5.41, 5.74) is 6.05. The van der Waals surface area contributed by atoms with Gasteiger partial charge in [0.1, 0.15) is 5.38 Å². The standard InChI is InChI=1S/C15H13BrClN/c1-9-7-11-5-4-10-3-2-6-18-15(10)14(17)13(11)12(16)8-9/h2-3,6-8,14H,4-5H2,1H3. The van der Waals surface area contributed by atoms with Crippen molar-refractivity contribution in [2.24, 2.45) is 0 Å². The zero-order valence-electron chi connectivity index (χ0n) is 10.1. The lowest BCUT2D eigenvalue weighted by atomic mass is 10.00. The van der Waals surface area contributed by atoms with Crippen molar-refractivity contribution in [1.82, 2.24) is 4.98 Å². The molecule has 1 aliphatic rings. The van der Waals surface area contributed by atoms with E-state index in [4.69, 9.17) is 11.6 Å². The Kier molecular flexibility index (Phi) is 3.16. The van der Waals surface area contributed by atoms with E-state index in [0.29, 0.717) is 0 Å². The number of pyridine rings is 1. The van der Waals surface area contributed by atoms with Crippen LogP contribution in [-0.2, 0) is 12.8 Å². The molecular weight excluding hydrogens is 310 g/mol. The Labute approximate surface area is 120 Å². The molecule has 0 aliphatic heterocycles. The lowest BCUT2D eigenvalue weighted by Gasteiger charge is -2.15. The Balaban J connectivity index is 2.22. The summed E-state index contributed by atoms with van der Waals surface area (Å²) in [5.74, 6) is 0. The lowest BCUT2D eigenvalue weighted by molar-refractivity contribution is 0.949. The Morgan fingerprint density at radius 2 is 2.06 bits per heavy atom. The maximum absolute atomic E-state index is 6.65. The number of nitrogens with zero attached hydrogens (tertiary/aromatic N) is 1. The molecule has 0 fully saturated rings. The highest BCUT2D eigenvalue weighted by atomic mass is 79.9. The van der Waals surface area contributed by atoms with Crippen LogP contribution in [0.5, 0.6) is 0 Å². The van der Waals surface area contributed by atoms with Gasteiger partial charge >= 0.3 is 0 Å². The minimum atomic E-state index is -0.159. The predicted molar refractivity (Wildman–Crippen MR) is 78.2 cm³/mol. The fourth-order valence-electron chi connectivity index (χ4n) is 2.61. The first-order chi connectivity index (χ1) is 8.66. The molecule has 2 aromatic rings. The van der Waals surface area contributed by atoms with Gasteiger partial charge in [-0.05, 0) is 54.2 Å². The first-order valence-corrected chi connectivity index (χ1v) is 7.26. The van der Waals surface area contributed by atoms with E-state index in [1.54, 1.807) is 0 Å². The minimum Gasteiger partial charge on any atom is -0.259 e. The van der Waals surface area contributed by atoms with E-state index in [9.17, 15) is 0 Å². The highest BCUT2D eigenvalue weighted by Gasteiger charge is 2.25. The molecule has 1 aliphatic carbocycles. The van der Waals surface area contributed by atoms with Crippen molar-refractivity contribution >= 4 is 27.5 Å². The van der Waals surface area contributed by atoms with Crippen LogP contribution in [0.3, 0.4) is 0 Å². The van der Waals surface area contributed by atoms with Crippen molar-refractivity contribution in [2.45, 2.75) is 25.1 Å². The highest BCUT2D eigenvalue weighted by Crippen LogP contribution is 2.40. The molecule has 0 bridgehead atoms. The lowest BCUT2D eigenvalue weighted by Crippen LogP contribution is -2.01. The summed E-state index contributed by atoms with van der Waals surface area (Å²) in [5, 5.41) is -0.159. The van der Waals surface area contributed by atoms with Crippen LogP contribution in [0.2, 0.25) is 0 Å². The Morgan fingerprint density at radius 1 is 1.28 bits per heavy atom. The summed E-state index contributed by atoms with van der Waals surface area (Å²) in [6.07, 6.45) is 3.86. The fourth-order valence-corrected chi connectivity index (χ4v) is 4.04. The first kappa shape index (κ1) is 12.2. The quantitative estimate of drug-likeness (QED) is 0.647. The van der Waals surface area contributed by atoms with Crippen molar-refractivity contribution < 1.29 is 0 Å². The highest BCUT2D eigenvalue weighted by molar-refractivity contribution is 9.10. The second-order valence-electron chi connectivity index (χ2n) is 4.73. The molecule has 0 saturated heterocycles. The molecule has 92 valence electrons. The molecule has 18 heavy (non-hydrogen) atoms. The zero-order chi connectivity index (χ0) is 12.7. The van der Waals surface area contributed by atoms with Gasteiger partial charge in [0.15, 0.2) is 0 Å². The molecule has 0 N–H and O–H groups in total. The smallest absolute Gasteiger partial charge is 0.102 e.